The number of aliphatic hydroxyl groups excluding tert-OH is 1. The zero-order valence-corrected chi connectivity index (χ0v) is 11.2. The Morgan fingerprint density at radius 3 is 2.47 bits per heavy atom. The van der Waals surface area contributed by atoms with Crippen LogP contribution < -0.4 is 5.73 Å². The molecule has 0 fully saturated rings. The minimum atomic E-state index is -0.771. The standard InChI is InChI=1S/C13H22N2O2/c1-8-6-9(12(14)15-7-8)10(16)11(17-5)13(2,3)4/h6-7,10-11,16H,1-5H3,(H2,14,15). The van der Waals surface area contributed by atoms with Gasteiger partial charge in [-0.25, -0.2) is 4.98 Å². The molecular weight excluding hydrogens is 216 g/mol. The Bertz CT molecular complexity index is 385. The van der Waals surface area contributed by atoms with Crippen molar-refractivity contribution in [2.24, 2.45) is 5.41 Å². The van der Waals surface area contributed by atoms with Crippen molar-refractivity contribution >= 4 is 5.82 Å². The molecule has 1 aromatic heterocycles. The van der Waals surface area contributed by atoms with Crippen LogP contribution in [0, 0.1) is 12.3 Å². The lowest BCUT2D eigenvalue weighted by Crippen LogP contribution is -2.34. The molecule has 17 heavy (non-hydrogen) atoms. The van der Waals surface area contributed by atoms with Crippen LogP contribution in [0.1, 0.15) is 38.0 Å². The van der Waals surface area contributed by atoms with Gasteiger partial charge in [-0.05, 0) is 24.0 Å². The second-order valence-electron chi connectivity index (χ2n) is 5.45. The van der Waals surface area contributed by atoms with Gasteiger partial charge in [-0.1, -0.05) is 20.8 Å². The number of nitrogen functional groups attached to an aromatic ring is 1. The fourth-order valence-corrected chi connectivity index (χ4v) is 1.96. The van der Waals surface area contributed by atoms with Crippen molar-refractivity contribution in [2.45, 2.75) is 39.9 Å². The summed E-state index contributed by atoms with van der Waals surface area (Å²) >= 11 is 0. The first-order chi connectivity index (χ1) is 7.77. The topological polar surface area (TPSA) is 68.4 Å². The van der Waals surface area contributed by atoms with Gasteiger partial charge in [0.25, 0.3) is 0 Å². The van der Waals surface area contributed by atoms with Crippen molar-refractivity contribution in [3.8, 4) is 0 Å². The lowest BCUT2D eigenvalue weighted by atomic mass is 9.83. The Morgan fingerprint density at radius 2 is 2.00 bits per heavy atom. The first kappa shape index (κ1) is 13.9. The summed E-state index contributed by atoms with van der Waals surface area (Å²) in [6, 6.07) is 1.85. The van der Waals surface area contributed by atoms with E-state index in [1.807, 2.05) is 33.8 Å². The Morgan fingerprint density at radius 1 is 1.41 bits per heavy atom. The van der Waals surface area contributed by atoms with Gasteiger partial charge in [0, 0.05) is 18.9 Å². The molecule has 0 aromatic carbocycles. The minimum Gasteiger partial charge on any atom is -0.386 e. The molecule has 1 rings (SSSR count). The second-order valence-corrected chi connectivity index (χ2v) is 5.45. The van der Waals surface area contributed by atoms with E-state index in [0.717, 1.165) is 5.56 Å². The maximum Gasteiger partial charge on any atom is 0.129 e. The lowest BCUT2D eigenvalue weighted by Gasteiger charge is -2.33. The highest BCUT2D eigenvalue weighted by Gasteiger charge is 2.33. The molecule has 0 amide bonds. The van der Waals surface area contributed by atoms with Gasteiger partial charge in [-0.3, -0.25) is 0 Å². The average Bonchev–Trinajstić information content (AvgIpc) is 2.20. The molecule has 1 heterocycles. The number of hydrogen-bond acceptors (Lipinski definition) is 4. The van der Waals surface area contributed by atoms with E-state index in [9.17, 15) is 5.11 Å². The summed E-state index contributed by atoms with van der Waals surface area (Å²) in [4.78, 5) is 4.06. The first-order valence-corrected chi connectivity index (χ1v) is 5.70. The molecule has 2 unspecified atom stereocenters. The fraction of sp³-hybridized carbons (Fsp3) is 0.615. The van der Waals surface area contributed by atoms with E-state index >= 15 is 0 Å². The minimum absolute atomic E-state index is 0.176. The Hall–Kier alpha value is -1.13. The number of rotatable bonds is 3. The van der Waals surface area contributed by atoms with Crippen molar-refractivity contribution in [3.05, 3.63) is 23.4 Å². The number of ether oxygens (including phenoxy) is 1. The summed E-state index contributed by atoms with van der Waals surface area (Å²) in [5, 5.41) is 10.4. The van der Waals surface area contributed by atoms with Crippen molar-refractivity contribution in [3.63, 3.8) is 0 Å². The number of aliphatic hydroxyl groups is 1. The van der Waals surface area contributed by atoms with Gasteiger partial charge in [0.1, 0.15) is 11.9 Å². The summed E-state index contributed by atoms with van der Waals surface area (Å²) in [5.41, 5.74) is 7.22. The monoisotopic (exact) mass is 238 g/mol. The fourth-order valence-electron chi connectivity index (χ4n) is 1.96. The van der Waals surface area contributed by atoms with E-state index in [2.05, 4.69) is 4.98 Å². The van der Waals surface area contributed by atoms with Crippen LogP contribution in [-0.2, 0) is 4.74 Å². The van der Waals surface area contributed by atoms with Crippen molar-refractivity contribution in [1.29, 1.82) is 0 Å². The normalized spacial score (nSPS) is 15.6. The van der Waals surface area contributed by atoms with Crippen LogP contribution in [-0.4, -0.2) is 23.3 Å². The van der Waals surface area contributed by atoms with Crippen LogP contribution in [0.3, 0.4) is 0 Å². The quantitative estimate of drug-likeness (QED) is 0.845. The Kier molecular flexibility index (Phi) is 4.11. The largest absolute Gasteiger partial charge is 0.386 e. The molecule has 0 radical (unpaired) electrons. The van der Waals surface area contributed by atoms with E-state index in [4.69, 9.17) is 10.5 Å². The molecule has 1 aromatic rings. The number of pyridine rings is 1. The molecule has 0 aliphatic rings. The summed E-state index contributed by atoms with van der Waals surface area (Å²) in [6.45, 7) is 7.97. The molecule has 96 valence electrons. The third kappa shape index (κ3) is 3.17. The predicted molar refractivity (Wildman–Crippen MR) is 68.6 cm³/mol. The average molecular weight is 238 g/mol. The number of anilines is 1. The van der Waals surface area contributed by atoms with E-state index in [1.165, 1.54) is 0 Å². The number of methoxy groups -OCH3 is 1. The predicted octanol–water partition coefficient (Wildman–Crippen LogP) is 2.07. The van der Waals surface area contributed by atoms with Crippen LogP contribution in [0.4, 0.5) is 5.82 Å². The third-order valence-electron chi connectivity index (χ3n) is 2.80. The number of nitrogens with two attached hydrogens (primary N) is 1. The molecule has 4 nitrogen and oxygen atoms in total. The van der Waals surface area contributed by atoms with Gasteiger partial charge in [0.05, 0.1) is 6.10 Å². The van der Waals surface area contributed by atoms with Gasteiger partial charge in [-0.2, -0.15) is 0 Å². The highest BCUT2D eigenvalue weighted by Crippen LogP contribution is 2.34. The number of nitrogens with zero attached hydrogens (tertiary/aromatic N) is 1. The number of hydrogen-bond donors (Lipinski definition) is 2. The first-order valence-electron chi connectivity index (χ1n) is 5.70. The van der Waals surface area contributed by atoms with Crippen LogP contribution >= 0.6 is 0 Å². The SMILES string of the molecule is COC(C(O)c1cc(C)cnc1N)C(C)(C)C. The summed E-state index contributed by atoms with van der Waals surface area (Å²) < 4.78 is 5.39. The third-order valence-corrected chi connectivity index (χ3v) is 2.80. The van der Waals surface area contributed by atoms with Gasteiger partial charge >= 0.3 is 0 Å². The molecular formula is C13H22N2O2. The summed E-state index contributed by atoms with van der Waals surface area (Å²) in [6.07, 6.45) is 0.588. The highest BCUT2D eigenvalue weighted by molar-refractivity contribution is 5.42. The van der Waals surface area contributed by atoms with Crippen LogP contribution in [0.2, 0.25) is 0 Å². The highest BCUT2D eigenvalue weighted by atomic mass is 16.5. The number of aryl methyl sites for hydroxylation is 1. The van der Waals surface area contributed by atoms with Gasteiger partial charge < -0.3 is 15.6 Å². The molecule has 0 aliphatic heterocycles. The summed E-state index contributed by atoms with van der Waals surface area (Å²) in [7, 11) is 1.60. The molecule has 0 aliphatic carbocycles. The molecule has 0 saturated heterocycles. The van der Waals surface area contributed by atoms with Crippen LogP contribution in [0.25, 0.3) is 0 Å². The zero-order chi connectivity index (χ0) is 13.2. The van der Waals surface area contributed by atoms with Crippen molar-refractivity contribution in [2.75, 3.05) is 12.8 Å². The molecule has 3 N–H and O–H groups in total. The van der Waals surface area contributed by atoms with Gasteiger partial charge in [-0.15, -0.1) is 0 Å². The van der Waals surface area contributed by atoms with Crippen molar-refractivity contribution < 1.29 is 9.84 Å². The van der Waals surface area contributed by atoms with Crippen LogP contribution in [0.15, 0.2) is 12.3 Å². The Balaban J connectivity index is 3.10. The maximum absolute atomic E-state index is 10.4. The van der Waals surface area contributed by atoms with Gasteiger partial charge in [0.15, 0.2) is 0 Å². The summed E-state index contributed by atoms with van der Waals surface area (Å²) in [5.74, 6) is 0.356. The number of aromatic nitrogens is 1. The molecule has 2 atom stereocenters. The molecule has 0 saturated carbocycles. The van der Waals surface area contributed by atoms with E-state index < -0.39 is 6.10 Å². The van der Waals surface area contributed by atoms with Gasteiger partial charge in [0.2, 0.25) is 0 Å². The van der Waals surface area contributed by atoms with Crippen LogP contribution in [0.5, 0.6) is 0 Å². The molecule has 0 spiro atoms. The van der Waals surface area contributed by atoms with Crippen molar-refractivity contribution in [1.82, 2.24) is 4.98 Å². The van der Waals surface area contributed by atoms with E-state index in [1.54, 1.807) is 13.3 Å². The maximum atomic E-state index is 10.4. The smallest absolute Gasteiger partial charge is 0.129 e. The van der Waals surface area contributed by atoms with E-state index in [0.29, 0.717) is 11.4 Å². The zero-order valence-electron chi connectivity index (χ0n) is 11.2. The van der Waals surface area contributed by atoms with E-state index in [-0.39, 0.29) is 11.5 Å². The Labute approximate surface area is 103 Å². The second kappa shape index (κ2) is 5.02. The molecule has 4 heteroatoms. The lowest BCUT2D eigenvalue weighted by molar-refractivity contribution is -0.0722. The molecule has 0 bridgehead atoms.